The predicted molar refractivity (Wildman–Crippen MR) is 80.2 cm³/mol. The molecule has 112 valence electrons. The van der Waals surface area contributed by atoms with Gasteiger partial charge in [0, 0.05) is 12.1 Å². The van der Waals surface area contributed by atoms with E-state index in [2.05, 4.69) is 19.2 Å². The molecule has 0 amide bonds. The summed E-state index contributed by atoms with van der Waals surface area (Å²) in [7, 11) is 0. The van der Waals surface area contributed by atoms with Crippen LogP contribution in [0.5, 0.6) is 0 Å². The van der Waals surface area contributed by atoms with Crippen molar-refractivity contribution in [2.75, 3.05) is 5.32 Å². The summed E-state index contributed by atoms with van der Waals surface area (Å²) in [6, 6.07) is 2.26. The molecule has 0 heterocycles. The van der Waals surface area contributed by atoms with Crippen molar-refractivity contribution >= 4 is 17.3 Å². The van der Waals surface area contributed by atoms with Crippen LogP contribution in [-0.2, 0) is 0 Å². The Morgan fingerprint density at radius 1 is 1.30 bits per heavy atom. The van der Waals surface area contributed by atoms with E-state index in [4.69, 9.17) is 11.6 Å². The molecule has 1 aromatic rings. The fourth-order valence-electron chi connectivity index (χ4n) is 3.19. The first-order chi connectivity index (χ1) is 9.45. The lowest BCUT2D eigenvalue weighted by atomic mass is 9.81. The lowest BCUT2D eigenvalue weighted by molar-refractivity contribution is 0.288. The fraction of sp³-hybridized carbons (Fsp3) is 0.625. The number of hydrogen-bond acceptors (Lipinski definition) is 1. The van der Waals surface area contributed by atoms with Gasteiger partial charge in [0.1, 0.15) is 5.82 Å². The molecule has 1 aliphatic carbocycles. The minimum Gasteiger partial charge on any atom is -0.379 e. The van der Waals surface area contributed by atoms with Gasteiger partial charge in [-0.05, 0) is 37.2 Å². The van der Waals surface area contributed by atoms with Crippen molar-refractivity contribution in [3.8, 4) is 0 Å². The third-order valence-corrected chi connectivity index (χ3v) is 4.24. The average Bonchev–Trinajstić information content (AvgIpc) is 2.33. The SMILES string of the molecule is CC(C)CC1CCCC(Nc2c(F)cc(F)cc2Cl)C1. The van der Waals surface area contributed by atoms with Gasteiger partial charge >= 0.3 is 0 Å². The van der Waals surface area contributed by atoms with Gasteiger partial charge in [-0.25, -0.2) is 8.78 Å². The van der Waals surface area contributed by atoms with Crippen molar-refractivity contribution in [3.63, 3.8) is 0 Å². The lowest BCUT2D eigenvalue weighted by Gasteiger charge is -2.31. The maximum atomic E-state index is 13.8. The Morgan fingerprint density at radius 2 is 2.05 bits per heavy atom. The molecule has 0 spiro atoms. The molecule has 1 aromatic carbocycles. The highest BCUT2D eigenvalue weighted by molar-refractivity contribution is 6.33. The van der Waals surface area contributed by atoms with E-state index in [-0.39, 0.29) is 16.8 Å². The lowest BCUT2D eigenvalue weighted by Crippen LogP contribution is -2.28. The van der Waals surface area contributed by atoms with Crippen molar-refractivity contribution in [1.29, 1.82) is 0 Å². The molecule has 2 atom stereocenters. The molecule has 0 saturated heterocycles. The summed E-state index contributed by atoms with van der Waals surface area (Å²) in [5.41, 5.74) is 0.239. The van der Waals surface area contributed by atoms with Crippen LogP contribution >= 0.6 is 11.6 Å². The molecule has 20 heavy (non-hydrogen) atoms. The number of rotatable bonds is 4. The summed E-state index contributed by atoms with van der Waals surface area (Å²) in [5, 5.41) is 3.29. The summed E-state index contributed by atoms with van der Waals surface area (Å²) < 4.78 is 26.8. The highest BCUT2D eigenvalue weighted by Crippen LogP contribution is 2.33. The van der Waals surface area contributed by atoms with Gasteiger partial charge in [0.25, 0.3) is 0 Å². The van der Waals surface area contributed by atoms with Crippen molar-refractivity contribution < 1.29 is 8.78 Å². The second kappa shape index (κ2) is 6.75. The Hall–Kier alpha value is -0.830. The fourth-order valence-corrected chi connectivity index (χ4v) is 3.44. The zero-order valence-electron chi connectivity index (χ0n) is 12.1. The van der Waals surface area contributed by atoms with Gasteiger partial charge in [-0.15, -0.1) is 0 Å². The van der Waals surface area contributed by atoms with Crippen LogP contribution in [0.2, 0.25) is 5.02 Å². The molecule has 0 aromatic heterocycles. The zero-order chi connectivity index (χ0) is 14.7. The third kappa shape index (κ3) is 4.08. The second-order valence-electron chi connectivity index (χ2n) is 6.25. The van der Waals surface area contributed by atoms with Crippen molar-refractivity contribution in [2.45, 2.75) is 52.0 Å². The molecule has 2 rings (SSSR count). The van der Waals surface area contributed by atoms with Crippen LogP contribution in [0.1, 0.15) is 46.0 Å². The van der Waals surface area contributed by atoms with Crippen molar-refractivity contribution in [1.82, 2.24) is 0 Å². The Bertz CT molecular complexity index is 439. The van der Waals surface area contributed by atoms with Crippen LogP contribution in [0.15, 0.2) is 12.1 Å². The number of benzene rings is 1. The quantitative estimate of drug-likeness (QED) is 0.759. The van der Waals surface area contributed by atoms with E-state index in [1.165, 1.54) is 12.8 Å². The summed E-state index contributed by atoms with van der Waals surface area (Å²) >= 11 is 5.93. The van der Waals surface area contributed by atoms with Crippen LogP contribution in [0.25, 0.3) is 0 Å². The van der Waals surface area contributed by atoms with Crippen LogP contribution < -0.4 is 5.32 Å². The molecule has 0 radical (unpaired) electrons. The van der Waals surface area contributed by atoms with E-state index >= 15 is 0 Å². The molecular formula is C16H22ClF2N. The number of nitrogens with one attached hydrogen (secondary N) is 1. The van der Waals surface area contributed by atoms with Gasteiger partial charge in [-0.3, -0.25) is 0 Å². The molecule has 1 N–H and O–H groups in total. The summed E-state index contributed by atoms with van der Waals surface area (Å²) in [6.07, 6.45) is 5.65. The normalized spacial score (nSPS) is 23.1. The van der Waals surface area contributed by atoms with Gasteiger partial charge in [-0.1, -0.05) is 38.3 Å². The van der Waals surface area contributed by atoms with Crippen LogP contribution in [0.3, 0.4) is 0 Å². The van der Waals surface area contributed by atoms with Gasteiger partial charge in [0.05, 0.1) is 10.7 Å². The van der Waals surface area contributed by atoms with E-state index in [0.29, 0.717) is 11.8 Å². The van der Waals surface area contributed by atoms with E-state index in [9.17, 15) is 8.78 Å². The molecular weight excluding hydrogens is 280 g/mol. The van der Waals surface area contributed by atoms with Gasteiger partial charge < -0.3 is 5.32 Å². The van der Waals surface area contributed by atoms with Crippen molar-refractivity contribution in [3.05, 3.63) is 28.8 Å². The van der Waals surface area contributed by atoms with Gasteiger partial charge in [0.15, 0.2) is 5.82 Å². The standard InChI is InChI=1S/C16H22ClF2N/c1-10(2)6-11-4-3-5-13(7-11)20-16-14(17)8-12(18)9-15(16)19/h8-11,13,20H,3-7H2,1-2H3. The van der Waals surface area contributed by atoms with Gasteiger partial charge in [0.2, 0.25) is 0 Å². The molecule has 1 fully saturated rings. The van der Waals surface area contributed by atoms with Crippen LogP contribution in [-0.4, -0.2) is 6.04 Å². The monoisotopic (exact) mass is 301 g/mol. The van der Waals surface area contributed by atoms with Crippen molar-refractivity contribution in [2.24, 2.45) is 11.8 Å². The predicted octanol–water partition coefficient (Wildman–Crippen LogP) is 5.64. The summed E-state index contributed by atoms with van der Waals surface area (Å²) in [6.45, 7) is 4.46. The summed E-state index contributed by atoms with van der Waals surface area (Å²) in [5.74, 6) is 0.119. The smallest absolute Gasteiger partial charge is 0.150 e. The van der Waals surface area contributed by atoms with E-state index in [1.54, 1.807) is 0 Å². The van der Waals surface area contributed by atoms with Gasteiger partial charge in [-0.2, -0.15) is 0 Å². The molecule has 4 heteroatoms. The highest BCUT2D eigenvalue weighted by atomic mass is 35.5. The highest BCUT2D eigenvalue weighted by Gasteiger charge is 2.24. The second-order valence-corrected chi connectivity index (χ2v) is 6.66. The van der Waals surface area contributed by atoms with E-state index in [0.717, 1.165) is 31.4 Å². The topological polar surface area (TPSA) is 12.0 Å². The Balaban J connectivity index is 2.03. The largest absolute Gasteiger partial charge is 0.379 e. The Kier molecular flexibility index (Phi) is 5.25. The Labute approximate surface area is 124 Å². The van der Waals surface area contributed by atoms with Crippen LogP contribution in [0, 0.1) is 23.5 Å². The minimum atomic E-state index is -0.639. The summed E-state index contributed by atoms with van der Waals surface area (Å²) in [4.78, 5) is 0. The molecule has 0 bridgehead atoms. The number of halogens is 3. The molecule has 1 aliphatic rings. The first-order valence-electron chi connectivity index (χ1n) is 7.36. The average molecular weight is 302 g/mol. The van der Waals surface area contributed by atoms with E-state index in [1.807, 2.05) is 0 Å². The first kappa shape index (κ1) is 15.6. The number of hydrogen-bond donors (Lipinski definition) is 1. The maximum Gasteiger partial charge on any atom is 0.150 e. The van der Waals surface area contributed by atoms with Crippen LogP contribution in [0.4, 0.5) is 14.5 Å². The minimum absolute atomic E-state index is 0.119. The third-order valence-electron chi connectivity index (χ3n) is 3.94. The Morgan fingerprint density at radius 3 is 2.70 bits per heavy atom. The zero-order valence-corrected chi connectivity index (χ0v) is 12.8. The molecule has 1 saturated carbocycles. The maximum absolute atomic E-state index is 13.8. The first-order valence-corrected chi connectivity index (χ1v) is 7.74. The number of anilines is 1. The molecule has 1 nitrogen and oxygen atoms in total. The molecule has 0 aliphatic heterocycles. The van der Waals surface area contributed by atoms with E-state index < -0.39 is 11.6 Å². The molecule has 2 unspecified atom stereocenters.